The van der Waals surface area contributed by atoms with Gasteiger partial charge in [-0.1, -0.05) is 72.3 Å². The number of carbonyl (C=O) groups is 1. The van der Waals surface area contributed by atoms with Gasteiger partial charge in [-0.3, -0.25) is 4.79 Å². The zero-order chi connectivity index (χ0) is 23.4. The van der Waals surface area contributed by atoms with Gasteiger partial charge in [0.2, 0.25) is 0 Å². The van der Waals surface area contributed by atoms with Crippen LogP contribution < -0.4 is 11.1 Å². The average molecular weight is 433 g/mol. The van der Waals surface area contributed by atoms with Crippen LogP contribution in [0.1, 0.15) is 32.6 Å². The fraction of sp³-hybridized carbons (Fsp3) is 0.107. The Morgan fingerprint density at radius 1 is 0.970 bits per heavy atom. The molecule has 3 aromatic carbocycles. The van der Waals surface area contributed by atoms with Gasteiger partial charge in [0.25, 0.3) is 5.91 Å². The fourth-order valence-electron chi connectivity index (χ4n) is 3.88. The van der Waals surface area contributed by atoms with Crippen LogP contribution in [-0.2, 0) is 6.54 Å². The maximum Gasteiger partial charge on any atom is 0.257 e. The minimum absolute atomic E-state index is 0.228. The van der Waals surface area contributed by atoms with Gasteiger partial charge >= 0.3 is 0 Å². The molecule has 4 rings (SSSR count). The number of pyridine rings is 1. The smallest absolute Gasteiger partial charge is 0.257 e. The summed E-state index contributed by atoms with van der Waals surface area (Å²) in [7, 11) is 0. The Labute approximate surface area is 193 Å². The van der Waals surface area contributed by atoms with Crippen molar-refractivity contribution in [1.82, 2.24) is 4.98 Å². The van der Waals surface area contributed by atoms with Crippen molar-refractivity contribution in [3.8, 4) is 28.5 Å². The van der Waals surface area contributed by atoms with Gasteiger partial charge in [0.1, 0.15) is 11.6 Å². The van der Waals surface area contributed by atoms with Gasteiger partial charge in [0.05, 0.1) is 5.69 Å². The maximum absolute atomic E-state index is 13.2. The molecule has 0 spiro atoms. The Balaban J connectivity index is 1.91. The van der Waals surface area contributed by atoms with Crippen LogP contribution in [0.4, 0.5) is 5.82 Å². The number of carbonyl (C=O) groups excluding carboxylic acids is 1. The molecule has 162 valence electrons. The van der Waals surface area contributed by atoms with Crippen molar-refractivity contribution in [2.24, 2.45) is 5.73 Å². The van der Waals surface area contributed by atoms with Gasteiger partial charge < -0.3 is 11.1 Å². The molecule has 0 aliphatic rings. The number of hydrogen-bond donors (Lipinski definition) is 2. The van der Waals surface area contributed by atoms with Crippen LogP contribution in [0.25, 0.3) is 22.4 Å². The molecule has 5 heteroatoms. The molecule has 0 unspecified atom stereocenters. The Kier molecular flexibility index (Phi) is 6.30. The van der Waals surface area contributed by atoms with Crippen molar-refractivity contribution in [2.45, 2.75) is 20.4 Å². The quantitative estimate of drug-likeness (QED) is 0.428. The molecule has 0 bridgehead atoms. The molecule has 1 aromatic heterocycles. The molecule has 0 atom stereocenters. The van der Waals surface area contributed by atoms with Crippen LogP contribution in [0.3, 0.4) is 0 Å². The number of aryl methyl sites for hydroxylation is 2. The zero-order valence-corrected chi connectivity index (χ0v) is 18.6. The minimum atomic E-state index is -0.350. The first kappa shape index (κ1) is 21.9. The molecule has 0 radical (unpaired) electrons. The number of nitrogens with two attached hydrogens (primary N) is 1. The lowest BCUT2D eigenvalue weighted by molar-refractivity contribution is 0.102. The van der Waals surface area contributed by atoms with E-state index in [0.29, 0.717) is 16.8 Å². The normalized spacial score (nSPS) is 10.5. The Morgan fingerprint density at radius 3 is 2.45 bits per heavy atom. The third-order valence-corrected chi connectivity index (χ3v) is 5.60. The van der Waals surface area contributed by atoms with Crippen molar-refractivity contribution in [3.05, 3.63) is 107 Å². The van der Waals surface area contributed by atoms with E-state index in [4.69, 9.17) is 10.7 Å². The van der Waals surface area contributed by atoms with Gasteiger partial charge in [-0.2, -0.15) is 5.26 Å². The molecule has 4 aromatic rings. The summed E-state index contributed by atoms with van der Waals surface area (Å²) >= 11 is 0. The van der Waals surface area contributed by atoms with Crippen LogP contribution in [0.2, 0.25) is 0 Å². The number of nitrogens with one attached hydrogen (secondary N) is 1. The van der Waals surface area contributed by atoms with Gasteiger partial charge in [-0.15, -0.1) is 0 Å². The predicted octanol–water partition coefficient (Wildman–Crippen LogP) is 5.62. The summed E-state index contributed by atoms with van der Waals surface area (Å²) in [6.45, 7) is 4.25. The number of benzene rings is 3. The zero-order valence-electron chi connectivity index (χ0n) is 18.6. The standard InChI is InChI=1S/C28H24N4O/c1-18-8-7-11-20(14-18)24-15-26(22-12-5-3-9-19(22)2)31-27(25(24)17-30)32-28(33)23-13-6-4-10-21(23)16-29/h3-15H,16,29H2,1-2H3,(H,31,32,33). The van der Waals surface area contributed by atoms with E-state index in [1.165, 1.54) is 0 Å². The minimum Gasteiger partial charge on any atom is -0.326 e. The van der Waals surface area contributed by atoms with Gasteiger partial charge in [-0.25, -0.2) is 4.98 Å². The molecule has 0 fully saturated rings. The summed E-state index contributed by atoms with van der Waals surface area (Å²) in [5.74, 6) is -0.122. The summed E-state index contributed by atoms with van der Waals surface area (Å²) < 4.78 is 0. The van der Waals surface area contributed by atoms with E-state index in [2.05, 4.69) is 11.4 Å². The van der Waals surface area contributed by atoms with Crippen LogP contribution >= 0.6 is 0 Å². The number of rotatable bonds is 5. The molecule has 1 amide bonds. The summed E-state index contributed by atoms with van der Waals surface area (Å²) in [5.41, 5.74) is 12.7. The van der Waals surface area contributed by atoms with Gasteiger partial charge in [0.15, 0.2) is 5.82 Å². The van der Waals surface area contributed by atoms with Crippen molar-refractivity contribution in [3.63, 3.8) is 0 Å². The summed E-state index contributed by atoms with van der Waals surface area (Å²) in [4.78, 5) is 17.9. The molecule has 0 saturated heterocycles. The monoisotopic (exact) mass is 432 g/mol. The number of nitriles is 1. The van der Waals surface area contributed by atoms with E-state index < -0.39 is 0 Å². The van der Waals surface area contributed by atoms with Crippen LogP contribution in [-0.4, -0.2) is 10.9 Å². The number of hydrogen-bond acceptors (Lipinski definition) is 4. The molecular weight excluding hydrogens is 408 g/mol. The van der Waals surface area contributed by atoms with Crippen molar-refractivity contribution in [1.29, 1.82) is 5.26 Å². The van der Waals surface area contributed by atoms with E-state index in [1.54, 1.807) is 12.1 Å². The molecule has 0 saturated carbocycles. The van der Waals surface area contributed by atoms with Crippen LogP contribution in [0, 0.1) is 25.2 Å². The van der Waals surface area contributed by atoms with Crippen molar-refractivity contribution < 1.29 is 4.79 Å². The van der Waals surface area contributed by atoms with E-state index in [0.717, 1.165) is 33.4 Å². The SMILES string of the molecule is Cc1cccc(-c2cc(-c3ccccc3C)nc(NC(=O)c3ccccc3CN)c2C#N)c1. The fourth-order valence-corrected chi connectivity index (χ4v) is 3.88. The Hall–Kier alpha value is -4.27. The molecule has 0 aliphatic carbocycles. The molecule has 3 N–H and O–H groups in total. The maximum atomic E-state index is 13.2. The van der Waals surface area contributed by atoms with Crippen molar-refractivity contribution in [2.75, 3.05) is 5.32 Å². The summed E-state index contributed by atoms with van der Waals surface area (Å²) in [6, 6.07) is 27.2. The average Bonchev–Trinajstić information content (AvgIpc) is 2.83. The first-order chi connectivity index (χ1) is 16.0. The number of aromatic nitrogens is 1. The van der Waals surface area contributed by atoms with Crippen LogP contribution in [0.15, 0.2) is 78.9 Å². The lowest BCUT2D eigenvalue weighted by Crippen LogP contribution is -2.17. The highest BCUT2D eigenvalue weighted by Crippen LogP contribution is 2.34. The van der Waals surface area contributed by atoms with E-state index >= 15 is 0 Å². The highest BCUT2D eigenvalue weighted by Gasteiger charge is 2.19. The largest absolute Gasteiger partial charge is 0.326 e. The molecular formula is C28H24N4O. The second-order valence-corrected chi connectivity index (χ2v) is 7.89. The van der Waals surface area contributed by atoms with Gasteiger partial charge in [0, 0.05) is 23.2 Å². The number of nitrogens with zero attached hydrogens (tertiary/aromatic N) is 2. The highest BCUT2D eigenvalue weighted by atomic mass is 16.1. The van der Waals surface area contributed by atoms with E-state index in [-0.39, 0.29) is 18.3 Å². The lowest BCUT2D eigenvalue weighted by Gasteiger charge is -2.15. The van der Waals surface area contributed by atoms with E-state index in [1.807, 2.05) is 80.6 Å². The summed E-state index contributed by atoms with van der Waals surface area (Å²) in [6.07, 6.45) is 0. The number of amides is 1. The first-order valence-corrected chi connectivity index (χ1v) is 10.7. The second-order valence-electron chi connectivity index (χ2n) is 7.89. The highest BCUT2D eigenvalue weighted by molar-refractivity contribution is 6.06. The Bertz CT molecular complexity index is 1390. The van der Waals surface area contributed by atoms with Crippen LogP contribution in [0.5, 0.6) is 0 Å². The Morgan fingerprint density at radius 2 is 1.73 bits per heavy atom. The third kappa shape index (κ3) is 4.52. The second kappa shape index (κ2) is 9.47. The molecule has 1 heterocycles. The first-order valence-electron chi connectivity index (χ1n) is 10.7. The van der Waals surface area contributed by atoms with Gasteiger partial charge in [-0.05, 0) is 42.7 Å². The molecule has 33 heavy (non-hydrogen) atoms. The topological polar surface area (TPSA) is 91.8 Å². The predicted molar refractivity (Wildman–Crippen MR) is 132 cm³/mol. The van der Waals surface area contributed by atoms with Crippen molar-refractivity contribution >= 4 is 11.7 Å². The lowest BCUT2D eigenvalue weighted by atomic mass is 9.96. The third-order valence-electron chi connectivity index (χ3n) is 5.60. The summed E-state index contributed by atoms with van der Waals surface area (Å²) in [5, 5.41) is 12.9. The van der Waals surface area contributed by atoms with E-state index in [9.17, 15) is 10.1 Å². The number of anilines is 1. The molecule has 5 nitrogen and oxygen atoms in total. The molecule has 0 aliphatic heterocycles.